The molecule has 0 bridgehead atoms. The normalized spacial score (nSPS) is 12.0. The second kappa shape index (κ2) is 7.47. The molecule has 0 saturated carbocycles. The van der Waals surface area contributed by atoms with Gasteiger partial charge in [-0.15, -0.1) is 0 Å². The van der Waals surface area contributed by atoms with E-state index in [1.807, 2.05) is 45.9 Å². The number of halogens is 1. The summed E-state index contributed by atoms with van der Waals surface area (Å²) in [6.45, 7) is 7.44. The first kappa shape index (κ1) is 19.7. The maximum atomic E-state index is 11.9. The molecule has 0 aromatic heterocycles. The molecule has 4 nitrogen and oxygen atoms in total. The maximum absolute atomic E-state index is 11.9. The number of carbonyl (C=O) groups is 2. The molecule has 0 aliphatic heterocycles. The van der Waals surface area contributed by atoms with E-state index >= 15 is 0 Å². The van der Waals surface area contributed by atoms with E-state index in [0.29, 0.717) is 12.8 Å². The van der Waals surface area contributed by atoms with E-state index in [-0.39, 0.29) is 11.9 Å². The summed E-state index contributed by atoms with van der Waals surface area (Å²) in [6.07, 6.45) is 1.12. The van der Waals surface area contributed by atoms with Crippen LogP contribution in [-0.4, -0.2) is 26.2 Å². The molecule has 0 saturated heterocycles. The average molecular weight is 385 g/mol. The number of hydrogen-bond donors (Lipinski definition) is 0. The van der Waals surface area contributed by atoms with Gasteiger partial charge in [-0.05, 0) is 63.8 Å². The maximum Gasteiger partial charge on any atom is 0.311 e. The summed E-state index contributed by atoms with van der Waals surface area (Å²) < 4.78 is 10.6. The minimum Gasteiger partial charge on any atom is -0.469 e. The van der Waals surface area contributed by atoms with Crippen LogP contribution in [0.25, 0.3) is 0 Å². The zero-order valence-electron chi connectivity index (χ0n) is 14.7. The Bertz CT molecular complexity index is 542. The minimum absolute atomic E-state index is 0.242. The van der Waals surface area contributed by atoms with Crippen molar-refractivity contribution in [1.82, 2.24) is 0 Å². The summed E-state index contributed by atoms with van der Waals surface area (Å²) in [5, 5.41) is 0. The third-order valence-corrected chi connectivity index (χ3v) is 4.24. The van der Waals surface area contributed by atoms with Crippen LogP contribution in [-0.2, 0) is 31.9 Å². The Labute approximate surface area is 146 Å². The lowest BCUT2D eigenvalue weighted by Crippen LogP contribution is -2.29. The predicted octanol–water partition coefficient (Wildman–Crippen LogP) is 3.93. The van der Waals surface area contributed by atoms with Crippen molar-refractivity contribution >= 4 is 27.9 Å². The number of benzene rings is 1. The number of esters is 2. The van der Waals surface area contributed by atoms with Crippen molar-refractivity contribution in [3.8, 4) is 0 Å². The molecule has 23 heavy (non-hydrogen) atoms. The lowest BCUT2D eigenvalue weighted by Gasteiger charge is -2.24. The average Bonchev–Trinajstić information content (AvgIpc) is 2.43. The van der Waals surface area contributed by atoms with Gasteiger partial charge >= 0.3 is 11.9 Å². The highest BCUT2D eigenvalue weighted by molar-refractivity contribution is 9.10. The lowest BCUT2D eigenvalue weighted by molar-refractivity contribution is -0.151. The van der Waals surface area contributed by atoms with Crippen LogP contribution in [0.2, 0.25) is 0 Å². The highest BCUT2D eigenvalue weighted by atomic mass is 79.9. The summed E-state index contributed by atoms with van der Waals surface area (Å²) in [6, 6.07) is 6.00. The summed E-state index contributed by atoms with van der Waals surface area (Å²) in [4.78, 5) is 23.7. The quantitative estimate of drug-likeness (QED) is 0.697. The molecule has 5 heteroatoms. The molecular weight excluding hydrogens is 360 g/mol. The zero-order valence-corrected chi connectivity index (χ0v) is 16.2. The van der Waals surface area contributed by atoms with Gasteiger partial charge in [0.1, 0.15) is 0 Å². The Morgan fingerprint density at radius 1 is 0.870 bits per heavy atom. The Morgan fingerprint density at radius 3 is 1.52 bits per heavy atom. The van der Waals surface area contributed by atoms with Gasteiger partial charge in [0, 0.05) is 4.47 Å². The second-order valence-corrected chi connectivity index (χ2v) is 7.99. The van der Waals surface area contributed by atoms with Crippen LogP contribution >= 0.6 is 15.9 Å². The standard InChI is InChI=1S/C18H25BrO4/c1-17(2,15(20)22-5)10-12-7-13(9-14(19)8-12)11-18(3,4)16(21)23-6/h7-9H,10-11H2,1-6H3. The van der Waals surface area contributed by atoms with Crippen LogP contribution in [0.15, 0.2) is 22.7 Å². The van der Waals surface area contributed by atoms with Crippen LogP contribution in [0.4, 0.5) is 0 Å². The SMILES string of the molecule is COC(=O)C(C)(C)Cc1cc(Br)cc(CC(C)(C)C(=O)OC)c1. The van der Waals surface area contributed by atoms with Gasteiger partial charge in [0.2, 0.25) is 0 Å². The first-order chi connectivity index (χ1) is 10.5. The molecule has 0 atom stereocenters. The Balaban J connectivity index is 3.05. The second-order valence-electron chi connectivity index (χ2n) is 7.07. The molecule has 0 fully saturated rings. The molecule has 0 unspecified atom stereocenters. The molecule has 1 aromatic carbocycles. The summed E-state index contributed by atoms with van der Waals surface area (Å²) in [5.41, 5.74) is 0.825. The van der Waals surface area contributed by atoms with Crippen LogP contribution in [0, 0.1) is 10.8 Å². The first-order valence-corrected chi connectivity index (χ1v) is 8.26. The third kappa shape index (κ3) is 5.34. The molecular formula is C18H25BrO4. The van der Waals surface area contributed by atoms with E-state index in [1.54, 1.807) is 0 Å². The molecule has 1 rings (SSSR count). The molecule has 0 amide bonds. The Morgan fingerprint density at radius 2 is 1.22 bits per heavy atom. The van der Waals surface area contributed by atoms with Gasteiger partial charge in [0.05, 0.1) is 25.0 Å². The largest absolute Gasteiger partial charge is 0.469 e. The van der Waals surface area contributed by atoms with E-state index < -0.39 is 10.8 Å². The Kier molecular flexibility index (Phi) is 6.40. The van der Waals surface area contributed by atoms with Gasteiger partial charge in [0.15, 0.2) is 0 Å². The van der Waals surface area contributed by atoms with Crippen molar-refractivity contribution in [3.05, 3.63) is 33.8 Å². The monoisotopic (exact) mass is 384 g/mol. The fourth-order valence-electron chi connectivity index (χ4n) is 2.64. The van der Waals surface area contributed by atoms with E-state index in [4.69, 9.17) is 9.47 Å². The van der Waals surface area contributed by atoms with Crippen LogP contribution in [0.3, 0.4) is 0 Å². The molecule has 0 N–H and O–H groups in total. The zero-order chi connectivity index (χ0) is 17.8. The van der Waals surface area contributed by atoms with E-state index in [2.05, 4.69) is 15.9 Å². The minimum atomic E-state index is -0.606. The van der Waals surface area contributed by atoms with Crippen LogP contribution < -0.4 is 0 Å². The smallest absolute Gasteiger partial charge is 0.311 e. The predicted molar refractivity (Wildman–Crippen MR) is 93.1 cm³/mol. The van der Waals surface area contributed by atoms with Gasteiger partial charge in [-0.1, -0.05) is 22.0 Å². The van der Waals surface area contributed by atoms with Crippen molar-refractivity contribution in [1.29, 1.82) is 0 Å². The number of carbonyl (C=O) groups excluding carboxylic acids is 2. The van der Waals surface area contributed by atoms with Crippen molar-refractivity contribution in [3.63, 3.8) is 0 Å². The summed E-state index contributed by atoms with van der Waals surface area (Å²) in [7, 11) is 2.80. The highest BCUT2D eigenvalue weighted by Gasteiger charge is 2.31. The molecule has 1 aromatic rings. The number of rotatable bonds is 6. The third-order valence-electron chi connectivity index (χ3n) is 3.79. The van der Waals surface area contributed by atoms with Crippen LogP contribution in [0.1, 0.15) is 38.8 Å². The van der Waals surface area contributed by atoms with Gasteiger partial charge in [-0.25, -0.2) is 0 Å². The van der Waals surface area contributed by atoms with E-state index in [0.717, 1.165) is 15.6 Å². The van der Waals surface area contributed by atoms with Crippen molar-refractivity contribution in [2.24, 2.45) is 10.8 Å². The van der Waals surface area contributed by atoms with Crippen molar-refractivity contribution in [2.45, 2.75) is 40.5 Å². The van der Waals surface area contributed by atoms with E-state index in [9.17, 15) is 9.59 Å². The van der Waals surface area contributed by atoms with Gasteiger partial charge in [-0.2, -0.15) is 0 Å². The number of methoxy groups -OCH3 is 2. The van der Waals surface area contributed by atoms with Crippen LogP contribution in [0.5, 0.6) is 0 Å². The highest BCUT2D eigenvalue weighted by Crippen LogP contribution is 2.29. The fourth-order valence-corrected chi connectivity index (χ4v) is 3.23. The molecule has 0 radical (unpaired) electrons. The number of hydrogen-bond acceptors (Lipinski definition) is 4. The first-order valence-electron chi connectivity index (χ1n) is 7.47. The van der Waals surface area contributed by atoms with Gasteiger partial charge < -0.3 is 9.47 Å². The number of ether oxygens (including phenoxy) is 2. The molecule has 0 heterocycles. The lowest BCUT2D eigenvalue weighted by atomic mass is 9.82. The molecule has 0 aliphatic carbocycles. The summed E-state index contributed by atoms with van der Waals surface area (Å²) in [5.74, 6) is -0.483. The fraction of sp³-hybridized carbons (Fsp3) is 0.556. The molecule has 0 spiro atoms. The molecule has 0 aliphatic rings. The van der Waals surface area contributed by atoms with E-state index in [1.165, 1.54) is 14.2 Å². The summed E-state index contributed by atoms with van der Waals surface area (Å²) >= 11 is 3.50. The topological polar surface area (TPSA) is 52.6 Å². The van der Waals surface area contributed by atoms with Crippen molar-refractivity contribution in [2.75, 3.05) is 14.2 Å². The van der Waals surface area contributed by atoms with Crippen molar-refractivity contribution < 1.29 is 19.1 Å². The molecule has 128 valence electrons. The van der Waals surface area contributed by atoms with Gasteiger partial charge in [0.25, 0.3) is 0 Å². The van der Waals surface area contributed by atoms with Gasteiger partial charge in [-0.3, -0.25) is 9.59 Å². The Hall–Kier alpha value is -1.36.